The molecule has 244 valence electrons. The number of aliphatic hydroxyl groups is 2. The lowest BCUT2D eigenvalue weighted by Gasteiger charge is -2.63. The molecule has 0 amide bonds. The third-order valence-electron chi connectivity index (χ3n) is 13.7. The van der Waals surface area contributed by atoms with Gasteiger partial charge in [0.1, 0.15) is 36.3 Å². The van der Waals surface area contributed by atoms with Crippen LogP contribution < -0.4 is 0 Å². The van der Waals surface area contributed by atoms with Crippen LogP contribution in [0.2, 0.25) is 0 Å². The van der Waals surface area contributed by atoms with Gasteiger partial charge in [-0.2, -0.15) is 0 Å². The smallest absolute Gasteiger partial charge is 0.344 e. The van der Waals surface area contributed by atoms with E-state index in [1.165, 1.54) is 20.8 Å². The zero-order valence-electron chi connectivity index (χ0n) is 26.2. The highest BCUT2D eigenvalue weighted by molar-refractivity contribution is 5.91. The van der Waals surface area contributed by atoms with Crippen LogP contribution in [-0.2, 0) is 47.7 Å². The van der Waals surface area contributed by atoms with E-state index in [1.807, 2.05) is 26.8 Å². The highest BCUT2D eigenvalue weighted by Gasteiger charge is 2.89. The van der Waals surface area contributed by atoms with Crippen molar-refractivity contribution < 1.29 is 57.9 Å². The maximum Gasteiger partial charge on any atom is 0.344 e. The fourth-order valence-electron chi connectivity index (χ4n) is 12.2. The summed E-state index contributed by atoms with van der Waals surface area (Å²) in [7, 11) is 0. The summed E-state index contributed by atoms with van der Waals surface area (Å²) in [4.78, 5) is 65.3. The number of allylic oxidation sites excluding steroid dienone is 1. The van der Waals surface area contributed by atoms with Gasteiger partial charge < -0.3 is 33.9 Å². The number of Topliss-reactive ketones (excluding diaryl/α,β-unsaturated/α-hetero) is 1. The van der Waals surface area contributed by atoms with Gasteiger partial charge in [-0.05, 0) is 36.7 Å². The summed E-state index contributed by atoms with van der Waals surface area (Å²) in [6.45, 7) is 9.76. The van der Waals surface area contributed by atoms with Crippen molar-refractivity contribution in [2.24, 2.45) is 57.7 Å². The number of epoxide rings is 1. The van der Waals surface area contributed by atoms with Gasteiger partial charge >= 0.3 is 23.9 Å². The Morgan fingerprint density at radius 3 is 2.22 bits per heavy atom. The lowest BCUT2D eigenvalue weighted by Crippen LogP contribution is -2.70. The average molecular weight is 629 g/mol. The number of rotatable bonds is 3. The van der Waals surface area contributed by atoms with E-state index in [2.05, 4.69) is 0 Å². The SMILES string of the molecule is CC(=O)O[C@@H]1C2C3C(C[C@H](OC(C)=O)[C@]2(C)C2C1[C@@]14C[C@@]1(O)C(=O)OC4=C[C@H]2C)[C@]1(C)C(C[C@@H]2O[C@@H]2[C@@H]1OC(C)=O)C(=O)[C@@H]3O. The maximum absolute atomic E-state index is 14.3. The van der Waals surface area contributed by atoms with Gasteiger partial charge in [0.05, 0.1) is 11.5 Å². The summed E-state index contributed by atoms with van der Waals surface area (Å²) in [6, 6.07) is 0. The minimum atomic E-state index is -1.79. The van der Waals surface area contributed by atoms with Gasteiger partial charge in [-0.1, -0.05) is 20.8 Å². The van der Waals surface area contributed by atoms with Gasteiger partial charge in [0.2, 0.25) is 0 Å². The first-order valence-electron chi connectivity index (χ1n) is 16.1. The van der Waals surface area contributed by atoms with Crippen molar-refractivity contribution in [1.29, 1.82) is 0 Å². The normalized spacial score (nSPS) is 56.0. The number of hydrogen-bond donors (Lipinski definition) is 2. The van der Waals surface area contributed by atoms with Gasteiger partial charge in [0.25, 0.3) is 0 Å². The first-order chi connectivity index (χ1) is 21.0. The second-order valence-corrected chi connectivity index (χ2v) is 15.5. The lowest BCUT2D eigenvalue weighted by atomic mass is 9.42. The third kappa shape index (κ3) is 3.31. The molecule has 45 heavy (non-hydrogen) atoms. The topological polar surface area (TPSA) is 175 Å². The minimum Gasteiger partial charge on any atom is -0.462 e. The Balaban J connectivity index is 1.34. The van der Waals surface area contributed by atoms with Crippen molar-refractivity contribution in [3.63, 3.8) is 0 Å². The molecule has 0 aromatic heterocycles. The molecule has 8 aliphatic rings. The summed E-state index contributed by atoms with van der Waals surface area (Å²) in [5.74, 6) is -6.35. The number of ketones is 1. The Bertz CT molecular complexity index is 1490. The Morgan fingerprint density at radius 2 is 1.60 bits per heavy atom. The number of ether oxygens (including phenoxy) is 5. The van der Waals surface area contributed by atoms with Crippen molar-refractivity contribution in [2.45, 2.75) is 103 Å². The van der Waals surface area contributed by atoms with Gasteiger partial charge in [-0.3, -0.25) is 19.2 Å². The average Bonchev–Trinajstić information content (AvgIpc) is 3.80. The summed E-state index contributed by atoms with van der Waals surface area (Å²) in [5, 5.41) is 23.6. The van der Waals surface area contributed by atoms with Crippen LogP contribution in [-0.4, -0.2) is 82.1 Å². The Hall–Kier alpha value is -2.83. The highest BCUT2D eigenvalue weighted by atomic mass is 16.6. The Labute approximate surface area is 260 Å². The lowest BCUT2D eigenvalue weighted by molar-refractivity contribution is -0.235. The van der Waals surface area contributed by atoms with Crippen molar-refractivity contribution in [3.05, 3.63) is 11.8 Å². The van der Waals surface area contributed by atoms with Crippen LogP contribution in [0, 0.1) is 57.7 Å². The molecule has 12 nitrogen and oxygen atoms in total. The Kier molecular flexibility index (Phi) is 5.74. The van der Waals surface area contributed by atoms with E-state index in [4.69, 9.17) is 23.7 Å². The second-order valence-electron chi connectivity index (χ2n) is 15.5. The molecular weight excluding hydrogens is 588 g/mol. The number of aliphatic hydroxyl groups excluding tert-OH is 1. The zero-order chi connectivity index (χ0) is 32.3. The van der Waals surface area contributed by atoms with Crippen LogP contribution in [0.3, 0.4) is 0 Å². The molecule has 0 aromatic carbocycles. The van der Waals surface area contributed by atoms with Crippen LogP contribution >= 0.6 is 0 Å². The summed E-state index contributed by atoms with van der Waals surface area (Å²) < 4.78 is 29.8. The van der Waals surface area contributed by atoms with Crippen LogP contribution in [0.25, 0.3) is 0 Å². The molecule has 0 radical (unpaired) electrons. The first kappa shape index (κ1) is 29.6. The summed E-state index contributed by atoms with van der Waals surface area (Å²) in [5.41, 5.74) is -4.88. The zero-order valence-corrected chi connectivity index (χ0v) is 26.2. The van der Waals surface area contributed by atoms with Crippen LogP contribution in [0.4, 0.5) is 0 Å². The van der Waals surface area contributed by atoms with Gasteiger partial charge in [0, 0.05) is 61.7 Å². The number of carbonyl (C=O) groups is 5. The van der Waals surface area contributed by atoms with E-state index < -0.39 is 106 Å². The van der Waals surface area contributed by atoms with Crippen molar-refractivity contribution >= 4 is 29.7 Å². The number of carbonyl (C=O) groups excluding carboxylic acids is 5. The molecule has 2 aliphatic heterocycles. The van der Waals surface area contributed by atoms with Crippen LogP contribution in [0.1, 0.15) is 60.8 Å². The van der Waals surface area contributed by atoms with Gasteiger partial charge in [0.15, 0.2) is 11.4 Å². The van der Waals surface area contributed by atoms with E-state index in [9.17, 15) is 34.2 Å². The fourth-order valence-corrected chi connectivity index (χ4v) is 12.2. The third-order valence-corrected chi connectivity index (χ3v) is 13.7. The van der Waals surface area contributed by atoms with E-state index in [1.54, 1.807) is 0 Å². The molecule has 8 rings (SSSR count). The van der Waals surface area contributed by atoms with Crippen molar-refractivity contribution in [1.82, 2.24) is 0 Å². The molecule has 5 saturated carbocycles. The molecule has 6 unspecified atom stereocenters. The van der Waals surface area contributed by atoms with E-state index in [0.717, 1.165) is 0 Å². The summed E-state index contributed by atoms with van der Waals surface area (Å²) >= 11 is 0. The largest absolute Gasteiger partial charge is 0.462 e. The van der Waals surface area contributed by atoms with Crippen LogP contribution in [0.15, 0.2) is 11.8 Å². The molecule has 2 N–H and O–H groups in total. The number of hydrogen-bond acceptors (Lipinski definition) is 12. The molecule has 1 spiro atoms. The molecule has 6 aliphatic carbocycles. The predicted molar refractivity (Wildman–Crippen MR) is 148 cm³/mol. The fraction of sp³-hybridized carbons (Fsp3) is 0.788. The van der Waals surface area contributed by atoms with Crippen molar-refractivity contribution in [3.8, 4) is 0 Å². The highest BCUT2D eigenvalue weighted by Crippen LogP contribution is 2.81. The Morgan fingerprint density at radius 1 is 0.933 bits per heavy atom. The predicted octanol–water partition coefficient (Wildman–Crippen LogP) is 1.23. The first-order valence-corrected chi connectivity index (χ1v) is 16.1. The van der Waals surface area contributed by atoms with Crippen LogP contribution in [0.5, 0.6) is 0 Å². The number of fused-ring (bicyclic) bond motifs is 8. The summed E-state index contributed by atoms with van der Waals surface area (Å²) in [6.07, 6.45) is -2.01. The van der Waals surface area contributed by atoms with Gasteiger partial charge in [-0.15, -0.1) is 0 Å². The molecule has 12 heteroatoms. The molecule has 0 aromatic rings. The van der Waals surface area contributed by atoms with E-state index in [-0.39, 0.29) is 36.6 Å². The minimum absolute atomic E-state index is 0.0989. The van der Waals surface area contributed by atoms with E-state index in [0.29, 0.717) is 12.2 Å². The monoisotopic (exact) mass is 628 g/mol. The molecule has 0 bridgehead atoms. The molecule has 2 saturated heterocycles. The van der Waals surface area contributed by atoms with Crippen molar-refractivity contribution in [2.75, 3.05) is 0 Å². The quantitative estimate of drug-likeness (QED) is 0.260. The number of esters is 4. The van der Waals surface area contributed by atoms with Gasteiger partial charge in [-0.25, -0.2) is 4.79 Å². The molecular formula is C33H40O12. The standard InChI is InChI=1S/C33H40O12/c1-11-7-19-32(10-33(32,40)29(39)45-19)23-21(11)31(6)18(41-12(2)34)9-15-20(22(31)27(23)42-13(3)35)25(38)24(37)16-8-17-26(44-17)28(30(15,16)5)43-14(4)36/h7,11,15-18,20-23,25-28,38,40H,8-10H2,1-6H3/t11-,15?,16?,17+,18+,20?,21?,22?,23?,25-,26+,27-,28+,30-,31-,32+,33-/m1/s1. The second kappa shape index (κ2) is 8.74. The molecule has 7 fully saturated rings. The maximum atomic E-state index is 14.3. The molecule has 2 heterocycles. The molecule has 17 atom stereocenters. The van der Waals surface area contributed by atoms with E-state index >= 15 is 0 Å².